The van der Waals surface area contributed by atoms with Gasteiger partial charge < -0.3 is 15.5 Å². The highest BCUT2D eigenvalue weighted by Gasteiger charge is 2.33. The van der Waals surface area contributed by atoms with Crippen LogP contribution in [0.1, 0.15) is 52.9 Å². The number of hydrogen-bond donors (Lipinski definition) is 2. The van der Waals surface area contributed by atoms with Crippen molar-refractivity contribution < 1.29 is 18.0 Å². The highest BCUT2D eigenvalue weighted by atomic mass is 32.1. The summed E-state index contributed by atoms with van der Waals surface area (Å²) in [6.07, 6.45) is 1.15. The van der Waals surface area contributed by atoms with Gasteiger partial charge in [0.25, 0.3) is 5.91 Å². The van der Waals surface area contributed by atoms with Gasteiger partial charge in [0.05, 0.1) is 0 Å². The Morgan fingerprint density at radius 1 is 1.06 bits per heavy atom. The number of carbonyl (C=O) groups is 1. The van der Waals surface area contributed by atoms with Gasteiger partial charge in [0.1, 0.15) is 4.88 Å². The lowest BCUT2D eigenvalue weighted by Crippen LogP contribution is -2.40. The van der Waals surface area contributed by atoms with Gasteiger partial charge in [-0.25, -0.2) is 0 Å². The summed E-state index contributed by atoms with van der Waals surface area (Å²) in [6.45, 7) is 1.04. The van der Waals surface area contributed by atoms with Crippen molar-refractivity contribution in [3.63, 3.8) is 0 Å². The fraction of sp³-hybridized carbons (Fsp3) is 0.423. The molecule has 1 saturated carbocycles. The van der Waals surface area contributed by atoms with Crippen LogP contribution in [0.15, 0.2) is 42.5 Å². The molecule has 1 aromatic heterocycles. The average Bonchev–Trinajstić information content (AvgIpc) is 3.26. The molecule has 0 bridgehead atoms. The molecular weight excluding hydrogens is 459 g/mol. The number of thiophene rings is 1. The van der Waals surface area contributed by atoms with Crippen LogP contribution in [-0.4, -0.2) is 31.6 Å². The number of amides is 1. The van der Waals surface area contributed by atoms with E-state index in [4.69, 9.17) is 0 Å². The molecule has 34 heavy (non-hydrogen) atoms. The van der Waals surface area contributed by atoms with E-state index in [0.29, 0.717) is 15.6 Å². The molecule has 2 aliphatic rings. The van der Waals surface area contributed by atoms with Crippen molar-refractivity contribution in [1.82, 2.24) is 5.32 Å². The van der Waals surface area contributed by atoms with Crippen molar-refractivity contribution in [1.29, 1.82) is 0 Å². The molecule has 5 rings (SSSR count). The second kappa shape index (κ2) is 9.13. The first-order chi connectivity index (χ1) is 16.3. The van der Waals surface area contributed by atoms with Crippen LogP contribution in [0.3, 0.4) is 0 Å². The van der Waals surface area contributed by atoms with Crippen LogP contribution in [0, 0.1) is 0 Å². The molecule has 1 aliphatic carbocycles. The lowest BCUT2D eigenvalue weighted by Gasteiger charge is -2.31. The minimum atomic E-state index is -4.33. The van der Waals surface area contributed by atoms with Crippen molar-refractivity contribution in [3.8, 4) is 0 Å². The van der Waals surface area contributed by atoms with E-state index >= 15 is 0 Å². The van der Waals surface area contributed by atoms with E-state index < -0.39 is 11.1 Å². The van der Waals surface area contributed by atoms with Crippen molar-refractivity contribution in [2.75, 3.05) is 23.8 Å². The first-order valence-electron chi connectivity index (χ1n) is 11.8. The zero-order valence-corrected chi connectivity index (χ0v) is 19.9. The van der Waals surface area contributed by atoms with Crippen molar-refractivity contribution in [2.45, 2.75) is 56.8 Å². The molecule has 1 fully saturated rings. The fourth-order valence-electron chi connectivity index (χ4n) is 5.12. The third-order valence-electron chi connectivity index (χ3n) is 6.96. The maximum Gasteiger partial charge on any atom is 0.425 e. The molecule has 0 spiro atoms. The monoisotopic (exact) mass is 487 g/mol. The molecule has 180 valence electrons. The van der Waals surface area contributed by atoms with E-state index in [1.54, 1.807) is 12.1 Å². The highest BCUT2D eigenvalue weighted by molar-refractivity contribution is 7.19. The van der Waals surface area contributed by atoms with Crippen LogP contribution < -0.4 is 15.5 Å². The maximum absolute atomic E-state index is 13.1. The van der Waals surface area contributed by atoms with Crippen LogP contribution in [0.4, 0.5) is 24.5 Å². The van der Waals surface area contributed by atoms with Gasteiger partial charge in [-0.05, 0) is 80.5 Å². The Morgan fingerprint density at radius 3 is 2.59 bits per heavy atom. The second-order valence-corrected chi connectivity index (χ2v) is 10.4. The summed E-state index contributed by atoms with van der Waals surface area (Å²) in [5, 5.41) is 7.26. The Labute approximate surface area is 201 Å². The quantitative estimate of drug-likeness (QED) is 0.444. The smallest absolute Gasteiger partial charge is 0.382 e. The van der Waals surface area contributed by atoms with Crippen LogP contribution in [-0.2, 0) is 12.6 Å². The van der Waals surface area contributed by atoms with Gasteiger partial charge in [-0.2, -0.15) is 13.2 Å². The fourth-order valence-corrected chi connectivity index (χ4v) is 6.08. The van der Waals surface area contributed by atoms with Gasteiger partial charge in [0.15, 0.2) is 0 Å². The average molecular weight is 488 g/mol. The molecule has 1 aliphatic heterocycles. The third-order valence-corrected chi connectivity index (χ3v) is 8.10. The molecule has 2 N–H and O–H groups in total. The molecule has 0 saturated heterocycles. The standard InChI is InChI=1S/C26H28F3N3OS/c1-32-13-3-4-16-14-17(7-12-22(16)32)25(33)31-19-10-8-18(9-11-19)30-21-5-2-6-23-20(21)15-24(34-23)26(27,28)29/h2,5-7,12,14-15,18-19,30H,3-4,8-11,13H2,1H3,(H,31,33)/t18-,19+. The number of fused-ring (bicyclic) bond motifs is 2. The van der Waals surface area contributed by atoms with Gasteiger partial charge in [-0.1, -0.05) is 6.07 Å². The Bertz CT molecular complexity index is 1200. The number of nitrogens with one attached hydrogen (secondary N) is 2. The molecule has 0 unspecified atom stereocenters. The largest absolute Gasteiger partial charge is 0.425 e. The number of hydrogen-bond acceptors (Lipinski definition) is 4. The predicted molar refractivity (Wildman–Crippen MR) is 132 cm³/mol. The van der Waals surface area contributed by atoms with E-state index in [0.717, 1.165) is 62.1 Å². The predicted octanol–water partition coefficient (Wildman–Crippen LogP) is 6.46. The Morgan fingerprint density at radius 2 is 1.82 bits per heavy atom. The molecule has 2 aromatic carbocycles. The lowest BCUT2D eigenvalue weighted by molar-refractivity contribution is -0.134. The van der Waals surface area contributed by atoms with Gasteiger partial charge in [0, 0.05) is 52.7 Å². The molecular formula is C26H28F3N3OS. The van der Waals surface area contributed by atoms with Gasteiger partial charge in [-0.3, -0.25) is 4.79 Å². The summed E-state index contributed by atoms with van der Waals surface area (Å²) in [5.41, 5.74) is 3.89. The van der Waals surface area contributed by atoms with Crippen molar-refractivity contribution in [2.24, 2.45) is 0 Å². The van der Waals surface area contributed by atoms with Gasteiger partial charge in [-0.15, -0.1) is 11.3 Å². The number of rotatable bonds is 4. The van der Waals surface area contributed by atoms with E-state index in [9.17, 15) is 18.0 Å². The molecule has 8 heteroatoms. The number of anilines is 2. The number of aryl methyl sites for hydroxylation is 1. The van der Waals surface area contributed by atoms with E-state index in [1.807, 2.05) is 24.3 Å². The Hall–Kier alpha value is -2.74. The number of halogens is 3. The van der Waals surface area contributed by atoms with Crippen LogP contribution >= 0.6 is 11.3 Å². The van der Waals surface area contributed by atoms with E-state index in [1.165, 1.54) is 17.3 Å². The summed E-state index contributed by atoms with van der Waals surface area (Å²) in [6, 6.07) is 12.9. The summed E-state index contributed by atoms with van der Waals surface area (Å²) < 4.78 is 40.1. The number of alkyl halides is 3. The number of nitrogens with zero attached hydrogens (tertiary/aromatic N) is 1. The van der Waals surface area contributed by atoms with Crippen LogP contribution in [0.2, 0.25) is 0 Å². The highest BCUT2D eigenvalue weighted by Crippen LogP contribution is 2.40. The summed E-state index contributed by atoms with van der Waals surface area (Å²) in [5.74, 6) is -0.0323. The summed E-state index contributed by atoms with van der Waals surface area (Å²) in [7, 11) is 2.08. The Balaban J connectivity index is 1.19. The maximum atomic E-state index is 13.1. The Kier molecular flexibility index (Phi) is 6.18. The summed E-state index contributed by atoms with van der Waals surface area (Å²) in [4.78, 5) is 14.5. The zero-order valence-electron chi connectivity index (χ0n) is 19.0. The zero-order chi connectivity index (χ0) is 23.9. The molecule has 2 heterocycles. The molecule has 1 amide bonds. The number of carbonyl (C=O) groups excluding carboxylic acids is 1. The normalized spacial score (nSPS) is 20.8. The second-order valence-electron chi connectivity index (χ2n) is 9.36. The minimum Gasteiger partial charge on any atom is -0.382 e. The third kappa shape index (κ3) is 4.73. The molecule has 0 radical (unpaired) electrons. The minimum absolute atomic E-state index is 0.0323. The summed E-state index contributed by atoms with van der Waals surface area (Å²) >= 11 is 0.779. The van der Waals surface area contributed by atoms with Gasteiger partial charge >= 0.3 is 6.18 Å². The molecule has 3 aromatic rings. The van der Waals surface area contributed by atoms with Crippen LogP contribution in [0.25, 0.3) is 10.1 Å². The van der Waals surface area contributed by atoms with Gasteiger partial charge in [0.2, 0.25) is 0 Å². The SMILES string of the molecule is CN1CCCc2cc(C(=O)N[C@H]3CC[C@@H](Nc4cccc5sc(C(F)(F)F)cc45)CC3)ccc21. The molecule has 0 atom stereocenters. The van der Waals surface area contributed by atoms with Crippen molar-refractivity contribution >= 4 is 38.7 Å². The number of benzene rings is 2. The molecule has 4 nitrogen and oxygen atoms in total. The van der Waals surface area contributed by atoms with Crippen molar-refractivity contribution in [3.05, 3.63) is 58.5 Å². The first kappa shape index (κ1) is 23.0. The van der Waals surface area contributed by atoms with E-state index in [2.05, 4.69) is 22.6 Å². The lowest BCUT2D eigenvalue weighted by atomic mass is 9.90. The van der Waals surface area contributed by atoms with E-state index in [-0.39, 0.29) is 18.0 Å². The first-order valence-corrected chi connectivity index (χ1v) is 12.6. The topological polar surface area (TPSA) is 44.4 Å². The van der Waals surface area contributed by atoms with Crippen LogP contribution in [0.5, 0.6) is 0 Å².